The lowest BCUT2D eigenvalue weighted by Gasteiger charge is -2.24. The van der Waals surface area contributed by atoms with Crippen LogP contribution < -0.4 is 21.1 Å². The molecule has 0 bridgehead atoms. The van der Waals surface area contributed by atoms with Crippen LogP contribution in [0.4, 0.5) is 15.3 Å². The average molecular weight is 629 g/mol. The molecule has 0 spiro atoms. The van der Waals surface area contributed by atoms with Crippen LogP contribution in [0.15, 0.2) is 53.7 Å². The number of benzene rings is 1. The summed E-state index contributed by atoms with van der Waals surface area (Å²) in [5.74, 6) is 0.521. The molecule has 1 saturated carbocycles. The maximum Gasteiger partial charge on any atom is 0.404 e. The van der Waals surface area contributed by atoms with Crippen molar-refractivity contribution >= 4 is 40.1 Å². The number of rotatable bonds is 8. The van der Waals surface area contributed by atoms with Gasteiger partial charge in [0.1, 0.15) is 11.0 Å². The van der Waals surface area contributed by atoms with Crippen LogP contribution in [-0.2, 0) is 27.0 Å². The number of nitrogens with one attached hydrogen (secondary N) is 3. The number of ether oxygens (including phenoxy) is 2. The molecule has 11 nitrogen and oxygen atoms in total. The third-order valence-electron chi connectivity index (χ3n) is 6.63. The zero-order chi connectivity index (χ0) is 30.8. The fourth-order valence-corrected chi connectivity index (χ4v) is 7.00. The Hall–Kier alpha value is -3.39. The summed E-state index contributed by atoms with van der Waals surface area (Å²) in [5.41, 5.74) is 6.56. The molecule has 1 aromatic carbocycles. The predicted molar refractivity (Wildman–Crippen MR) is 168 cm³/mol. The van der Waals surface area contributed by atoms with Crippen LogP contribution in [-0.4, -0.2) is 51.2 Å². The van der Waals surface area contributed by atoms with Gasteiger partial charge in [0.25, 0.3) is 0 Å². The minimum absolute atomic E-state index is 0.0903. The molecule has 1 saturated heterocycles. The Balaban J connectivity index is 0.000000458. The number of pyridine rings is 1. The van der Waals surface area contributed by atoms with E-state index in [1.54, 1.807) is 23.6 Å². The Kier molecular flexibility index (Phi) is 11.6. The molecule has 13 heteroatoms. The van der Waals surface area contributed by atoms with Gasteiger partial charge in [0, 0.05) is 35.1 Å². The number of anilines is 1. The minimum atomic E-state index is -1.47. The second kappa shape index (κ2) is 15.4. The van der Waals surface area contributed by atoms with Crippen LogP contribution in [0.3, 0.4) is 0 Å². The number of carbonyl (C=O) groups excluding carboxylic acids is 2. The highest BCUT2D eigenvalue weighted by molar-refractivity contribution is 7.83. The van der Waals surface area contributed by atoms with Gasteiger partial charge in [-0.1, -0.05) is 31.4 Å². The van der Waals surface area contributed by atoms with E-state index in [4.69, 9.17) is 9.72 Å². The molecule has 5 rings (SSSR count). The Morgan fingerprint density at radius 1 is 1.12 bits per heavy atom. The number of thiazole rings is 1. The van der Waals surface area contributed by atoms with Gasteiger partial charge >= 0.3 is 12.1 Å². The highest BCUT2D eigenvalue weighted by atomic mass is 32.2. The summed E-state index contributed by atoms with van der Waals surface area (Å²) in [7, 11) is -1.47. The van der Waals surface area contributed by atoms with Crippen LogP contribution in [0.1, 0.15) is 69.5 Å². The molecule has 232 valence electrons. The molecule has 5 N–H and O–H groups in total. The van der Waals surface area contributed by atoms with Crippen molar-refractivity contribution in [3.8, 4) is 10.4 Å². The Morgan fingerprint density at radius 2 is 1.88 bits per heavy atom. The highest BCUT2D eigenvalue weighted by Crippen LogP contribution is 2.39. The van der Waals surface area contributed by atoms with Crippen LogP contribution in [0.2, 0.25) is 0 Å². The summed E-state index contributed by atoms with van der Waals surface area (Å²) < 4.78 is 25.7. The second-order valence-corrected chi connectivity index (χ2v) is 13.7. The number of hydrogen-bond acceptors (Lipinski definition) is 8. The van der Waals surface area contributed by atoms with Crippen LogP contribution in [0, 0.1) is 0 Å². The SMILES string of the molecule is CC(C)(C)NS(=O)c1cc(NC(=O)NCc2ccccn2)ccc1-c1cnc(C2CCCCC2)s1.NC(=O)OC1COC1. The number of amides is 3. The summed E-state index contributed by atoms with van der Waals surface area (Å²) in [6.45, 7) is 7.23. The molecule has 1 unspecified atom stereocenters. The average Bonchev–Trinajstić information content (AvgIpc) is 3.45. The topological polar surface area (TPSA) is 158 Å². The summed E-state index contributed by atoms with van der Waals surface area (Å²) in [4.78, 5) is 33.0. The Labute approximate surface area is 259 Å². The third-order valence-corrected chi connectivity index (χ3v) is 9.36. The number of urea groups is 1. The van der Waals surface area contributed by atoms with Crippen molar-refractivity contribution in [1.82, 2.24) is 20.0 Å². The number of nitrogens with two attached hydrogens (primary N) is 1. The van der Waals surface area contributed by atoms with Crippen molar-refractivity contribution < 1.29 is 23.3 Å². The van der Waals surface area contributed by atoms with Gasteiger partial charge in [-0.25, -0.2) is 23.5 Å². The molecular weight excluding hydrogens is 589 g/mol. The number of primary amides is 1. The van der Waals surface area contributed by atoms with Crippen LogP contribution in [0.5, 0.6) is 0 Å². The van der Waals surface area contributed by atoms with Gasteiger partial charge in [0.2, 0.25) is 0 Å². The molecule has 1 aliphatic carbocycles. The second-order valence-electron chi connectivity index (χ2n) is 11.5. The van der Waals surface area contributed by atoms with Crippen LogP contribution in [0.25, 0.3) is 10.4 Å². The first kappa shape index (κ1) is 32.5. The fraction of sp³-hybridized carbons (Fsp3) is 0.467. The summed E-state index contributed by atoms with van der Waals surface area (Å²) >= 11 is 1.69. The lowest BCUT2D eigenvalue weighted by atomic mass is 9.90. The van der Waals surface area contributed by atoms with E-state index in [0.717, 1.165) is 21.1 Å². The summed E-state index contributed by atoms with van der Waals surface area (Å²) in [5, 5.41) is 6.83. The van der Waals surface area contributed by atoms with E-state index in [-0.39, 0.29) is 17.7 Å². The number of hydrogen-bond donors (Lipinski definition) is 4. The molecule has 3 heterocycles. The number of aromatic nitrogens is 2. The largest absolute Gasteiger partial charge is 0.441 e. The normalized spacial score (nSPS) is 16.3. The van der Waals surface area contributed by atoms with E-state index in [2.05, 4.69) is 30.8 Å². The number of nitrogens with zero attached hydrogens (tertiary/aromatic N) is 2. The van der Waals surface area contributed by atoms with Gasteiger partial charge in [0.15, 0.2) is 6.10 Å². The van der Waals surface area contributed by atoms with Gasteiger partial charge in [-0.2, -0.15) is 0 Å². The smallest absolute Gasteiger partial charge is 0.404 e. The summed E-state index contributed by atoms with van der Waals surface area (Å²) in [6, 6.07) is 10.8. The molecule has 2 aromatic heterocycles. The molecule has 0 radical (unpaired) electrons. The van der Waals surface area contributed by atoms with Crippen molar-refractivity contribution in [2.75, 3.05) is 18.5 Å². The van der Waals surface area contributed by atoms with E-state index in [1.807, 2.05) is 57.3 Å². The quantitative estimate of drug-likeness (QED) is 0.258. The standard InChI is InChI=1S/C26H33N5O2S2.C4H7NO3/c1-26(2,3)31-35(33)23-15-19(30-25(32)29-16-20-11-7-8-14-27-20)12-13-21(23)22-17-28-24(34-22)18-9-5-4-6-10-18;5-4(6)8-3-1-7-2-3/h7-8,11-15,17-18,31H,4-6,9-10,16H2,1-3H3,(H2,29,30,32);3H,1-2H2,(H2,5,6). The molecule has 1 aliphatic heterocycles. The van der Waals surface area contributed by atoms with Crippen LogP contribution >= 0.6 is 11.3 Å². The molecular formula is C30H40N6O5S2. The zero-order valence-electron chi connectivity index (χ0n) is 24.8. The Bertz CT molecular complexity index is 1390. The third kappa shape index (κ3) is 10.4. The maximum atomic E-state index is 13.4. The first-order valence-corrected chi connectivity index (χ1v) is 16.3. The van der Waals surface area contributed by atoms with E-state index in [0.29, 0.717) is 36.3 Å². The maximum absolute atomic E-state index is 13.4. The van der Waals surface area contributed by atoms with Gasteiger partial charge in [-0.3, -0.25) is 4.98 Å². The van der Waals surface area contributed by atoms with Crippen molar-refractivity contribution in [2.24, 2.45) is 5.73 Å². The molecule has 2 fully saturated rings. The molecule has 2 aliphatic rings. The van der Waals surface area contributed by atoms with Gasteiger partial charge < -0.3 is 25.8 Å². The van der Waals surface area contributed by atoms with Gasteiger partial charge in [0.05, 0.1) is 40.2 Å². The predicted octanol–water partition coefficient (Wildman–Crippen LogP) is 5.47. The van der Waals surface area contributed by atoms with Crippen molar-refractivity contribution in [3.05, 3.63) is 59.5 Å². The van der Waals surface area contributed by atoms with E-state index < -0.39 is 17.1 Å². The first-order chi connectivity index (χ1) is 20.6. The van der Waals surface area contributed by atoms with Crippen molar-refractivity contribution in [3.63, 3.8) is 0 Å². The first-order valence-electron chi connectivity index (χ1n) is 14.4. The lowest BCUT2D eigenvalue weighted by molar-refractivity contribution is -0.0961. The minimum Gasteiger partial charge on any atom is -0.441 e. The Morgan fingerprint density at radius 3 is 2.49 bits per heavy atom. The lowest BCUT2D eigenvalue weighted by Crippen LogP contribution is -2.39. The monoisotopic (exact) mass is 628 g/mol. The molecule has 1 atom stereocenters. The highest BCUT2D eigenvalue weighted by Gasteiger charge is 2.23. The van der Waals surface area contributed by atoms with E-state index in [1.165, 1.54) is 32.1 Å². The molecule has 3 aromatic rings. The van der Waals surface area contributed by atoms with Gasteiger partial charge in [-0.15, -0.1) is 11.3 Å². The molecule has 43 heavy (non-hydrogen) atoms. The van der Waals surface area contributed by atoms with Gasteiger partial charge in [-0.05, 0) is 57.9 Å². The van der Waals surface area contributed by atoms with Crippen molar-refractivity contribution in [2.45, 2.75) is 81.9 Å². The molecule has 3 amide bonds. The fourth-order valence-electron chi connectivity index (χ4n) is 4.54. The van der Waals surface area contributed by atoms with E-state index >= 15 is 0 Å². The summed E-state index contributed by atoms with van der Waals surface area (Å²) in [6.07, 6.45) is 8.97. The number of carbonyl (C=O) groups is 2. The van der Waals surface area contributed by atoms with E-state index in [9.17, 15) is 13.8 Å². The zero-order valence-corrected chi connectivity index (χ0v) is 26.4. The van der Waals surface area contributed by atoms with Crippen molar-refractivity contribution in [1.29, 1.82) is 0 Å².